The summed E-state index contributed by atoms with van der Waals surface area (Å²) in [6, 6.07) is 4.93. The fourth-order valence-electron chi connectivity index (χ4n) is 1.13. The van der Waals surface area contributed by atoms with E-state index in [2.05, 4.69) is 25.8 Å². The number of hydrogen-bond acceptors (Lipinski definition) is 2. The first-order valence-electron chi connectivity index (χ1n) is 5.50. The zero-order valence-corrected chi connectivity index (χ0v) is 9.92. The van der Waals surface area contributed by atoms with Crippen LogP contribution in [0.3, 0.4) is 0 Å². The summed E-state index contributed by atoms with van der Waals surface area (Å²) in [6.45, 7) is 6.44. The number of hydrogen-bond donors (Lipinski definition) is 2. The average Bonchev–Trinajstić information content (AvgIpc) is 2.30. The molecule has 3 nitrogen and oxygen atoms in total. The van der Waals surface area contributed by atoms with Crippen LogP contribution in [-0.2, 0) is 0 Å². The van der Waals surface area contributed by atoms with Crippen molar-refractivity contribution in [1.29, 1.82) is 0 Å². The quantitative estimate of drug-likeness (QED) is 0.804. The van der Waals surface area contributed by atoms with Crippen LogP contribution < -0.4 is 11.3 Å². The molecule has 0 fully saturated rings. The molecule has 1 aromatic rings. The summed E-state index contributed by atoms with van der Waals surface area (Å²) in [5, 5.41) is 0. The van der Waals surface area contributed by atoms with Gasteiger partial charge in [-0.3, -0.25) is 4.79 Å². The lowest BCUT2D eigenvalue weighted by atomic mass is 9.92. The molecule has 1 rings (SSSR count). The number of nitrogens with one attached hydrogen (secondary N) is 1. The van der Waals surface area contributed by atoms with E-state index in [1.807, 2.05) is 0 Å². The summed E-state index contributed by atoms with van der Waals surface area (Å²) in [5.41, 5.74) is 5.97. The smallest absolute Gasteiger partial charge is 0.247 e. The number of rotatable bonds is 3. The van der Waals surface area contributed by atoms with Gasteiger partial charge in [-0.1, -0.05) is 26.8 Å². The molecule has 0 aliphatic heterocycles. The van der Waals surface area contributed by atoms with E-state index in [1.165, 1.54) is 6.07 Å². The predicted octanol–water partition coefficient (Wildman–Crippen LogP) is 2.29. The van der Waals surface area contributed by atoms with Crippen LogP contribution in [0.4, 0.5) is 0 Å². The Labute approximate surface area is 91.7 Å². The highest BCUT2D eigenvalue weighted by molar-refractivity contribution is 4.89. The van der Waals surface area contributed by atoms with Crippen LogP contribution in [0, 0.1) is 0 Å². The zero-order chi connectivity index (χ0) is 11.7. The van der Waals surface area contributed by atoms with E-state index < -0.39 is 0 Å². The third-order valence-corrected chi connectivity index (χ3v) is 2.79. The second-order valence-electron chi connectivity index (χ2n) is 3.65. The maximum Gasteiger partial charge on any atom is 0.247 e. The zero-order valence-electron chi connectivity index (χ0n) is 9.92. The van der Waals surface area contributed by atoms with Crippen LogP contribution in [0.15, 0.2) is 29.2 Å². The summed E-state index contributed by atoms with van der Waals surface area (Å²) >= 11 is 0. The molecule has 0 saturated carbocycles. The molecule has 0 saturated heterocycles. The van der Waals surface area contributed by atoms with Gasteiger partial charge in [-0.25, -0.2) is 0 Å². The van der Waals surface area contributed by atoms with Crippen molar-refractivity contribution in [2.75, 3.05) is 0 Å². The van der Waals surface area contributed by atoms with Gasteiger partial charge < -0.3 is 10.7 Å². The van der Waals surface area contributed by atoms with Crippen LogP contribution in [0.2, 0.25) is 0 Å². The van der Waals surface area contributed by atoms with Crippen molar-refractivity contribution < 1.29 is 0 Å². The van der Waals surface area contributed by atoms with E-state index in [9.17, 15) is 4.79 Å². The van der Waals surface area contributed by atoms with Crippen LogP contribution in [-0.4, -0.2) is 10.5 Å². The fraction of sp³-hybridized carbons (Fsp3) is 0.583. The summed E-state index contributed by atoms with van der Waals surface area (Å²) in [7, 11) is 0. The number of aromatic amines is 1. The van der Waals surface area contributed by atoms with E-state index in [-0.39, 0.29) is 11.1 Å². The number of aromatic nitrogens is 1. The molecule has 86 valence electrons. The molecule has 0 bridgehead atoms. The van der Waals surface area contributed by atoms with Crippen LogP contribution in [0.5, 0.6) is 0 Å². The summed E-state index contributed by atoms with van der Waals surface area (Å²) in [5.74, 6) is 0. The van der Waals surface area contributed by atoms with Gasteiger partial charge in [0.05, 0.1) is 0 Å². The maximum absolute atomic E-state index is 10.2. The van der Waals surface area contributed by atoms with E-state index in [0.29, 0.717) is 0 Å². The van der Waals surface area contributed by atoms with Gasteiger partial charge in [-0.15, -0.1) is 0 Å². The minimum atomic E-state index is -0.0532. The molecule has 0 atom stereocenters. The maximum atomic E-state index is 10.2. The number of H-pyrrole nitrogens is 1. The first-order chi connectivity index (χ1) is 7.08. The van der Waals surface area contributed by atoms with Crippen molar-refractivity contribution >= 4 is 0 Å². The van der Waals surface area contributed by atoms with Gasteiger partial charge in [0.15, 0.2) is 0 Å². The molecule has 0 spiro atoms. The van der Waals surface area contributed by atoms with Crippen LogP contribution >= 0.6 is 0 Å². The van der Waals surface area contributed by atoms with Crippen LogP contribution in [0.1, 0.15) is 40.0 Å². The number of nitrogens with two attached hydrogens (primary N) is 1. The first-order valence-corrected chi connectivity index (χ1v) is 5.50. The second-order valence-corrected chi connectivity index (χ2v) is 3.65. The van der Waals surface area contributed by atoms with Crippen molar-refractivity contribution in [2.45, 2.75) is 45.6 Å². The molecular weight excluding hydrogens is 188 g/mol. The Morgan fingerprint density at radius 3 is 1.87 bits per heavy atom. The largest absolute Gasteiger partial charge is 0.329 e. The molecule has 0 aliphatic carbocycles. The fourth-order valence-corrected chi connectivity index (χ4v) is 1.13. The van der Waals surface area contributed by atoms with Gasteiger partial charge in [-0.05, 0) is 25.3 Å². The Morgan fingerprint density at radius 2 is 1.73 bits per heavy atom. The van der Waals surface area contributed by atoms with Crippen molar-refractivity contribution in [3.8, 4) is 0 Å². The van der Waals surface area contributed by atoms with Crippen molar-refractivity contribution in [3.63, 3.8) is 0 Å². The molecule has 0 aromatic carbocycles. The third-order valence-electron chi connectivity index (χ3n) is 2.79. The minimum Gasteiger partial charge on any atom is -0.329 e. The molecule has 3 heteroatoms. The lowest BCUT2D eigenvalue weighted by molar-refractivity contribution is 0.383. The highest BCUT2D eigenvalue weighted by atomic mass is 16.1. The third kappa shape index (κ3) is 6.07. The predicted molar refractivity (Wildman–Crippen MR) is 64.9 cm³/mol. The van der Waals surface area contributed by atoms with Gasteiger partial charge in [0.1, 0.15) is 0 Å². The molecule has 0 aliphatic rings. The van der Waals surface area contributed by atoms with Crippen LogP contribution in [0.25, 0.3) is 0 Å². The Bertz CT molecular complexity index is 277. The SMILES string of the molecule is CCC(N)(CC)CC.O=c1cccc[nH]1. The van der Waals surface area contributed by atoms with E-state index >= 15 is 0 Å². The topological polar surface area (TPSA) is 58.9 Å². The number of pyridine rings is 1. The highest BCUT2D eigenvalue weighted by Gasteiger charge is 2.15. The Morgan fingerprint density at radius 1 is 1.20 bits per heavy atom. The van der Waals surface area contributed by atoms with Crippen molar-refractivity contribution in [3.05, 3.63) is 34.7 Å². The van der Waals surface area contributed by atoms with E-state index in [0.717, 1.165) is 19.3 Å². The molecule has 0 unspecified atom stereocenters. The van der Waals surface area contributed by atoms with Gasteiger partial charge in [-0.2, -0.15) is 0 Å². The lowest BCUT2D eigenvalue weighted by Gasteiger charge is -2.23. The van der Waals surface area contributed by atoms with Crippen molar-refractivity contribution in [1.82, 2.24) is 4.98 Å². The van der Waals surface area contributed by atoms with E-state index in [1.54, 1.807) is 18.3 Å². The summed E-state index contributed by atoms with van der Waals surface area (Å²) in [4.78, 5) is 12.7. The molecule has 3 N–H and O–H groups in total. The standard InChI is InChI=1S/C7H17N.C5H5NO/c1-4-7(8,5-2)6-3;7-5-3-1-2-4-6-5/h4-6,8H2,1-3H3;1-4H,(H,6,7). The summed E-state index contributed by atoms with van der Waals surface area (Å²) < 4.78 is 0. The minimum absolute atomic E-state index is 0.0532. The highest BCUT2D eigenvalue weighted by Crippen LogP contribution is 2.14. The molecule has 1 heterocycles. The molecule has 0 amide bonds. The lowest BCUT2D eigenvalue weighted by Crippen LogP contribution is -2.37. The van der Waals surface area contributed by atoms with Gasteiger partial charge in [0.2, 0.25) is 5.56 Å². The second kappa shape index (κ2) is 7.23. The first kappa shape index (κ1) is 13.9. The Balaban J connectivity index is 0.000000262. The summed E-state index contributed by atoms with van der Waals surface area (Å²) in [6.07, 6.45) is 4.89. The molecule has 1 aromatic heterocycles. The van der Waals surface area contributed by atoms with Gasteiger partial charge >= 0.3 is 0 Å². The Hall–Kier alpha value is -1.09. The Kier molecular flexibility index (Phi) is 6.71. The molecule has 0 radical (unpaired) electrons. The van der Waals surface area contributed by atoms with Gasteiger partial charge in [0, 0.05) is 17.8 Å². The molecular formula is C12H22N2O. The van der Waals surface area contributed by atoms with Crippen molar-refractivity contribution in [2.24, 2.45) is 5.73 Å². The monoisotopic (exact) mass is 210 g/mol. The average molecular weight is 210 g/mol. The normalized spacial score (nSPS) is 10.4. The molecule has 15 heavy (non-hydrogen) atoms. The van der Waals surface area contributed by atoms with E-state index in [4.69, 9.17) is 5.73 Å². The van der Waals surface area contributed by atoms with Gasteiger partial charge in [0.25, 0.3) is 0 Å².